The SMILES string of the molecule is CCCCCNCCN1CCC(CC)CC1. The van der Waals surface area contributed by atoms with E-state index in [4.69, 9.17) is 0 Å². The zero-order valence-electron chi connectivity index (χ0n) is 11.3. The lowest BCUT2D eigenvalue weighted by Gasteiger charge is -2.31. The maximum Gasteiger partial charge on any atom is 0.0107 e. The standard InChI is InChI=1S/C14H30N2/c1-3-5-6-9-15-10-13-16-11-7-14(4-2)8-12-16/h14-15H,3-13H2,1-2H3. The van der Waals surface area contributed by atoms with E-state index in [1.54, 1.807) is 0 Å². The lowest BCUT2D eigenvalue weighted by molar-refractivity contribution is 0.182. The highest BCUT2D eigenvalue weighted by molar-refractivity contribution is 4.71. The summed E-state index contributed by atoms with van der Waals surface area (Å²) in [5.41, 5.74) is 0. The van der Waals surface area contributed by atoms with E-state index in [0.717, 1.165) is 5.92 Å². The Balaban J connectivity index is 1.90. The summed E-state index contributed by atoms with van der Waals surface area (Å²) in [5, 5.41) is 3.55. The maximum atomic E-state index is 3.55. The van der Waals surface area contributed by atoms with Crippen molar-refractivity contribution in [2.75, 3.05) is 32.7 Å². The van der Waals surface area contributed by atoms with Gasteiger partial charge in [-0.1, -0.05) is 33.1 Å². The number of likely N-dealkylation sites (tertiary alicyclic amines) is 1. The average Bonchev–Trinajstić information content (AvgIpc) is 2.34. The second-order valence-corrected chi connectivity index (χ2v) is 5.15. The van der Waals surface area contributed by atoms with Gasteiger partial charge in [-0.3, -0.25) is 0 Å². The molecule has 96 valence electrons. The minimum atomic E-state index is 1.01. The van der Waals surface area contributed by atoms with Crippen molar-refractivity contribution in [3.8, 4) is 0 Å². The Morgan fingerprint density at radius 3 is 2.44 bits per heavy atom. The zero-order chi connectivity index (χ0) is 11.6. The lowest BCUT2D eigenvalue weighted by Crippen LogP contribution is -2.38. The first-order chi connectivity index (χ1) is 7.86. The van der Waals surface area contributed by atoms with Crippen LogP contribution in [0.4, 0.5) is 0 Å². The molecule has 2 heteroatoms. The molecular formula is C14H30N2. The van der Waals surface area contributed by atoms with Crippen LogP contribution in [-0.2, 0) is 0 Å². The Morgan fingerprint density at radius 1 is 1.06 bits per heavy atom. The van der Waals surface area contributed by atoms with Gasteiger partial charge in [0.2, 0.25) is 0 Å². The van der Waals surface area contributed by atoms with Crippen LogP contribution in [-0.4, -0.2) is 37.6 Å². The van der Waals surface area contributed by atoms with Crippen LogP contribution in [0.15, 0.2) is 0 Å². The molecule has 1 aliphatic heterocycles. The first-order valence-corrected chi connectivity index (χ1v) is 7.29. The molecule has 0 spiro atoms. The van der Waals surface area contributed by atoms with Crippen molar-refractivity contribution in [1.82, 2.24) is 10.2 Å². The van der Waals surface area contributed by atoms with E-state index in [-0.39, 0.29) is 0 Å². The third-order valence-corrected chi connectivity index (χ3v) is 3.85. The molecular weight excluding hydrogens is 196 g/mol. The van der Waals surface area contributed by atoms with Gasteiger partial charge in [0.25, 0.3) is 0 Å². The third-order valence-electron chi connectivity index (χ3n) is 3.85. The van der Waals surface area contributed by atoms with Crippen LogP contribution < -0.4 is 5.32 Å². The minimum Gasteiger partial charge on any atom is -0.315 e. The highest BCUT2D eigenvalue weighted by Gasteiger charge is 2.16. The molecule has 0 bridgehead atoms. The predicted octanol–water partition coefficient (Wildman–Crippen LogP) is 2.89. The molecule has 0 aromatic rings. The Kier molecular flexibility index (Phi) is 7.87. The van der Waals surface area contributed by atoms with Gasteiger partial charge in [0.1, 0.15) is 0 Å². The van der Waals surface area contributed by atoms with E-state index >= 15 is 0 Å². The molecule has 0 radical (unpaired) electrons. The van der Waals surface area contributed by atoms with Crippen molar-refractivity contribution >= 4 is 0 Å². The Hall–Kier alpha value is -0.0800. The fraction of sp³-hybridized carbons (Fsp3) is 1.00. The third kappa shape index (κ3) is 5.86. The second-order valence-electron chi connectivity index (χ2n) is 5.15. The molecule has 2 nitrogen and oxygen atoms in total. The monoisotopic (exact) mass is 226 g/mol. The van der Waals surface area contributed by atoms with Gasteiger partial charge >= 0.3 is 0 Å². The van der Waals surface area contributed by atoms with Crippen molar-refractivity contribution in [2.24, 2.45) is 5.92 Å². The molecule has 0 aliphatic carbocycles. The maximum absolute atomic E-state index is 3.55. The highest BCUT2D eigenvalue weighted by atomic mass is 15.1. The molecule has 1 saturated heterocycles. The molecule has 1 aliphatic rings. The predicted molar refractivity (Wildman–Crippen MR) is 71.8 cm³/mol. The summed E-state index contributed by atoms with van der Waals surface area (Å²) in [7, 11) is 0. The molecule has 0 aromatic heterocycles. The van der Waals surface area contributed by atoms with E-state index in [1.165, 1.54) is 71.2 Å². The molecule has 1 rings (SSSR count). The molecule has 16 heavy (non-hydrogen) atoms. The number of hydrogen-bond donors (Lipinski definition) is 1. The lowest BCUT2D eigenvalue weighted by atomic mass is 9.94. The molecule has 1 heterocycles. The van der Waals surface area contributed by atoms with Crippen LogP contribution in [0.25, 0.3) is 0 Å². The van der Waals surface area contributed by atoms with Gasteiger partial charge in [-0.2, -0.15) is 0 Å². The molecule has 0 atom stereocenters. The van der Waals surface area contributed by atoms with E-state index in [0.29, 0.717) is 0 Å². The largest absolute Gasteiger partial charge is 0.315 e. The number of rotatable bonds is 8. The summed E-state index contributed by atoms with van der Waals surface area (Å²) in [6.07, 6.45) is 8.26. The first-order valence-electron chi connectivity index (χ1n) is 7.29. The molecule has 0 amide bonds. The summed E-state index contributed by atoms with van der Waals surface area (Å²) in [5.74, 6) is 1.01. The average molecular weight is 226 g/mol. The summed E-state index contributed by atoms with van der Waals surface area (Å²) in [6.45, 7) is 10.9. The number of unbranched alkanes of at least 4 members (excludes halogenated alkanes) is 2. The quantitative estimate of drug-likeness (QED) is 0.640. The molecule has 1 N–H and O–H groups in total. The van der Waals surface area contributed by atoms with E-state index < -0.39 is 0 Å². The smallest absolute Gasteiger partial charge is 0.0107 e. The highest BCUT2D eigenvalue weighted by Crippen LogP contribution is 2.19. The Bertz CT molecular complexity index is 151. The number of hydrogen-bond acceptors (Lipinski definition) is 2. The molecule has 0 aromatic carbocycles. The van der Waals surface area contributed by atoms with E-state index in [2.05, 4.69) is 24.1 Å². The minimum absolute atomic E-state index is 1.01. The van der Waals surface area contributed by atoms with Crippen LogP contribution in [0.5, 0.6) is 0 Å². The van der Waals surface area contributed by atoms with Gasteiger partial charge in [-0.15, -0.1) is 0 Å². The van der Waals surface area contributed by atoms with Crippen LogP contribution >= 0.6 is 0 Å². The van der Waals surface area contributed by atoms with Gasteiger partial charge in [-0.25, -0.2) is 0 Å². The van der Waals surface area contributed by atoms with Gasteiger partial charge in [-0.05, 0) is 44.8 Å². The number of piperidine rings is 1. The van der Waals surface area contributed by atoms with Crippen LogP contribution in [0.2, 0.25) is 0 Å². The van der Waals surface area contributed by atoms with Crippen molar-refractivity contribution in [2.45, 2.75) is 52.4 Å². The van der Waals surface area contributed by atoms with Crippen LogP contribution in [0.1, 0.15) is 52.4 Å². The molecule has 1 fully saturated rings. The van der Waals surface area contributed by atoms with Crippen molar-refractivity contribution < 1.29 is 0 Å². The fourth-order valence-corrected chi connectivity index (χ4v) is 2.48. The molecule has 0 unspecified atom stereocenters. The van der Waals surface area contributed by atoms with Crippen LogP contribution in [0, 0.1) is 5.92 Å². The zero-order valence-corrected chi connectivity index (χ0v) is 11.3. The topological polar surface area (TPSA) is 15.3 Å². The van der Waals surface area contributed by atoms with Gasteiger partial charge in [0.05, 0.1) is 0 Å². The Morgan fingerprint density at radius 2 is 1.81 bits per heavy atom. The van der Waals surface area contributed by atoms with Gasteiger partial charge in [0.15, 0.2) is 0 Å². The van der Waals surface area contributed by atoms with Crippen molar-refractivity contribution in [3.63, 3.8) is 0 Å². The fourth-order valence-electron chi connectivity index (χ4n) is 2.48. The number of nitrogens with zero attached hydrogens (tertiary/aromatic N) is 1. The molecule has 0 saturated carbocycles. The number of nitrogens with one attached hydrogen (secondary N) is 1. The van der Waals surface area contributed by atoms with Crippen LogP contribution in [0.3, 0.4) is 0 Å². The van der Waals surface area contributed by atoms with E-state index in [9.17, 15) is 0 Å². The van der Waals surface area contributed by atoms with Gasteiger partial charge in [0, 0.05) is 13.1 Å². The van der Waals surface area contributed by atoms with Crippen molar-refractivity contribution in [1.29, 1.82) is 0 Å². The summed E-state index contributed by atoms with van der Waals surface area (Å²) < 4.78 is 0. The Labute approximate surface area is 102 Å². The van der Waals surface area contributed by atoms with E-state index in [1.807, 2.05) is 0 Å². The van der Waals surface area contributed by atoms with Gasteiger partial charge < -0.3 is 10.2 Å². The van der Waals surface area contributed by atoms with Crippen molar-refractivity contribution in [3.05, 3.63) is 0 Å². The summed E-state index contributed by atoms with van der Waals surface area (Å²) in [4.78, 5) is 2.62. The second kappa shape index (κ2) is 9.00. The normalized spacial score (nSPS) is 19.1. The summed E-state index contributed by atoms with van der Waals surface area (Å²) in [6, 6.07) is 0. The summed E-state index contributed by atoms with van der Waals surface area (Å²) >= 11 is 0. The first kappa shape index (κ1) is 14.0.